The molecule has 202 valence electrons. The SMILES string of the molecule is CN(C)CCCNc1nc(Nc2ccc(F)c(Cl)c2)ncc1-c1cn([Si](C)(C)C(C)(C)C)c2ccccc12. The summed E-state index contributed by atoms with van der Waals surface area (Å²) in [6.07, 6.45) is 5.13. The third-order valence-corrected chi connectivity index (χ3v) is 13.0. The molecule has 2 aromatic carbocycles. The molecule has 0 radical (unpaired) electrons. The number of rotatable bonds is 9. The van der Waals surface area contributed by atoms with Gasteiger partial charge in [0, 0.05) is 46.7 Å². The van der Waals surface area contributed by atoms with Crippen LogP contribution < -0.4 is 10.6 Å². The van der Waals surface area contributed by atoms with Gasteiger partial charge in [-0.05, 0) is 56.4 Å². The van der Waals surface area contributed by atoms with Crippen molar-refractivity contribution < 1.29 is 4.39 Å². The molecule has 2 N–H and O–H groups in total. The van der Waals surface area contributed by atoms with E-state index in [1.165, 1.54) is 23.0 Å². The predicted octanol–water partition coefficient (Wildman–Crippen LogP) is 7.85. The molecule has 38 heavy (non-hydrogen) atoms. The number of anilines is 3. The second kappa shape index (κ2) is 11.0. The first-order chi connectivity index (χ1) is 17.9. The van der Waals surface area contributed by atoms with Crippen LogP contribution in [0.15, 0.2) is 54.9 Å². The molecule has 0 aliphatic heterocycles. The van der Waals surface area contributed by atoms with Gasteiger partial charge in [0.25, 0.3) is 0 Å². The fourth-order valence-electron chi connectivity index (χ4n) is 4.30. The van der Waals surface area contributed by atoms with E-state index in [0.717, 1.165) is 36.5 Å². The first-order valence-corrected chi connectivity index (χ1v) is 16.3. The van der Waals surface area contributed by atoms with Gasteiger partial charge in [0.2, 0.25) is 5.95 Å². The zero-order valence-corrected chi connectivity index (χ0v) is 25.1. The lowest BCUT2D eigenvalue weighted by Crippen LogP contribution is -2.44. The maximum absolute atomic E-state index is 13.7. The summed E-state index contributed by atoms with van der Waals surface area (Å²) in [6, 6.07) is 13.1. The summed E-state index contributed by atoms with van der Waals surface area (Å²) < 4.78 is 16.2. The first kappa shape index (κ1) is 28.1. The van der Waals surface area contributed by atoms with E-state index in [4.69, 9.17) is 16.6 Å². The summed E-state index contributed by atoms with van der Waals surface area (Å²) in [5.74, 6) is 0.710. The molecule has 0 aliphatic rings. The summed E-state index contributed by atoms with van der Waals surface area (Å²) in [4.78, 5) is 11.7. The molecule has 0 bridgehead atoms. The minimum absolute atomic E-state index is 0.0482. The van der Waals surface area contributed by atoms with E-state index in [1.54, 1.807) is 6.07 Å². The number of nitrogens with zero attached hydrogens (tertiary/aromatic N) is 4. The monoisotopic (exact) mass is 552 g/mol. The molecule has 0 aliphatic carbocycles. The lowest BCUT2D eigenvalue weighted by molar-refractivity contribution is 0.405. The van der Waals surface area contributed by atoms with Crippen molar-refractivity contribution in [1.82, 2.24) is 19.1 Å². The zero-order chi connectivity index (χ0) is 27.7. The van der Waals surface area contributed by atoms with Crippen LogP contribution in [-0.2, 0) is 0 Å². The Morgan fingerprint density at radius 2 is 1.82 bits per heavy atom. The van der Waals surface area contributed by atoms with Gasteiger partial charge in [-0.3, -0.25) is 0 Å². The highest BCUT2D eigenvalue weighted by atomic mass is 35.5. The number of hydrogen-bond donors (Lipinski definition) is 2. The van der Waals surface area contributed by atoms with E-state index < -0.39 is 14.1 Å². The topological polar surface area (TPSA) is 58.0 Å². The third-order valence-electron chi connectivity index (χ3n) is 7.48. The van der Waals surface area contributed by atoms with Gasteiger partial charge in [-0.1, -0.05) is 63.7 Å². The van der Waals surface area contributed by atoms with Crippen LogP contribution in [0.5, 0.6) is 0 Å². The highest BCUT2D eigenvalue weighted by Crippen LogP contribution is 2.42. The lowest BCUT2D eigenvalue weighted by Gasteiger charge is -2.38. The molecule has 6 nitrogen and oxygen atoms in total. The van der Waals surface area contributed by atoms with E-state index in [1.807, 2.05) is 6.20 Å². The van der Waals surface area contributed by atoms with Gasteiger partial charge in [-0.25, -0.2) is 9.37 Å². The quantitative estimate of drug-likeness (QED) is 0.163. The number of nitrogens with one attached hydrogen (secondary N) is 2. The molecule has 0 fully saturated rings. The van der Waals surface area contributed by atoms with Crippen LogP contribution in [0.25, 0.3) is 22.0 Å². The third kappa shape index (κ3) is 5.87. The minimum atomic E-state index is -1.90. The van der Waals surface area contributed by atoms with Crippen molar-refractivity contribution in [2.45, 2.75) is 45.3 Å². The van der Waals surface area contributed by atoms with Crippen molar-refractivity contribution in [1.29, 1.82) is 0 Å². The molecule has 4 aromatic rings. The molecule has 0 atom stereocenters. The lowest BCUT2D eigenvalue weighted by atomic mass is 10.1. The fourth-order valence-corrected chi connectivity index (χ4v) is 6.45. The number of benzene rings is 2. The molecule has 0 saturated heterocycles. The first-order valence-electron chi connectivity index (χ1n) is 13.0. The Kier molecular flexibility index (Phi) is 8.16. The number of fused-ring (bicyclic) bond motifs is 1. The summed E-state index contributed by atoms with van der Waals surface area (Å²) in [7, 11) is 2.25. The number of halogens is 2. The van der Waals surface area contributed by atoms with Crippen LogP contribution in [-0.4, -0.2) is 54.5 Å². The molecular formula is C29H38ClFN6Si. The van der Waals surface area contributed by atoms with Crippen molar-refractivity contribution in [2.75, 3.05) is 37.8 Å². The van der Waals surface area contributed by atoms with Crippen LogP contribution in [0.1, 0.15) is 27.2 Å². The number of para-hydroxylation sites is 1. The molecule has 0 amide bonds. The summed E-state index contributed by atoms with van der Waals surface area (Å²) in [6.45, 7) is 13.6. The Hall–Kier alpha value is -2.94. The normalized spacial score (nSPS) is 12.4. The fraction of sp³-hybridized carbons (Fsp3) is 0.379. The second-order valence-corrected chi connectivity index (χ2v) is 17.0. The van der Waals surface area contributed by atoms with Gasteiger partial charge < -0.3 is 19.8 Å². The Balaban J connectivity index is 1.79. The molecule has 9 heteroatoms. The summed E-state index contributed by atoms with van der Waals surface area (Å²) in [5.41, 5.74) is 3.91. The maximum Gasteiger partial charge on any atom is 0.229 e. The van der Waals surface area contributed by atoms with E-state index in [9.17, 15) is 4.39 Å². The smallest absolute Gasteiger partial charge is 0.229 e. The largest absolute Gasteiger partial charge is 0.373 e. The van der Waals surface area contributed by atoms with Crippen molar-refractivity contribution in [3.63, 3.8) is 0 Å². The average Bonchev–Trinajstić information content (AvgIpc) is 3.24. The van der Waals surface area contributed by atoms with E-state index >= 15 is 0 Å². The molecule has 2 heterocycles. The van der Waals surface area contributed by atoms with Crippen LogP contribution in [0.2, 0.25) is 23.2 Å². The number of aromatic nitrogens is 3. The van der Waals surface area contributed by atoms with Gasteiger partial charge in [0.15, 0.2) is 8.24 Å². The van der Waals surface area contributed by atoms with Crippen LogP contribution in [0.4, 0.5) is 21.8 Å². The standard InChI is InChI=1S/C29H38ClFN6Si/c1-29(2,3)38(6,7)37-19-23(21-11-8-9-12-26(21)37)22-18-33-28(34-20-13-14-25(31)24(30)17-20)35-27(22)32-15-10-16-36(4)5/h8-9,11-14,17-19H,10,15-16H2,1-7H3,(H2,32,33,34,35). The van der Waals surface area contributed by atoms with E-state index in [-0.39, 0.29) is 10.1 Å². The Bertz CT molecular complexity index is 1430. The Labute approximate surface area is 231 Å². The number of hydrogen-bond acceptors (Lipinski definition) is 5. The zero-order valence-electron chi connectivity index (χ0n) is 23.4. The van der Waals surface area contributed by atoms with Crippen LogP contribution >= 0.6 is 11.6 Å². The second-order valence-electron chi connectivity index (χ2n) is 11.5. The highest BCUT2D eigenvalue weighted by molar-refractivity contribution is 6.79. The van der Waals surface area contributed by atoms with Gasteiger partial charge in [0.05, 0.1) is 5.02 Å². The summed E-state index contributed by atoms with van der Waals surface area (Å²) >= 11 is 5.98. The van der Waals surface area contributed by atoms with Gasteiger partial charge in [-0.2, -0.15) is 4.98 Å². The van der Waals surface area contributed by atoms with Crippen molar-refractivity contribution in [2.24, 2.45) is 0 Å². The molecule has 2 aromatic heterocycles. The molecule has 0 saturated carbocycles. The maximum atomic E-state index is 13.7. The molecule has 4 rings (SSSR count). The van der Waals surface area contributed by atoms with E-state index in [0.29, 0.717) is 11.6 Å². The predicted molar refractivity (Wildman–Crippen MR) is 162 cm³/mol. The van der Waals surface area contributed by atoms with Gasteiger partial charge in [-0.15, -0.1) is 0 Å². The van der Waals surface area contributed by atoms with Gasteiger partial charge in [0.1, 0.15) is 11.6 Å². The highest BCUT2D eigenvalue weighted by Gasteiger charge is 2.38. The Morgan fingerprint density at radius 1 is 1.08 bits per heavy atom. The molecule has 0 spiro atoms. The van der Waals surface area contributed by atoms with Crippen molar-refractivity contribution in [3.05, 3.63) is 65.7 Å². The van der Waals surface area contributed by atoms with Crippen LogP contribution in [0, 0.1) is 5.82 Å². The van der Waals surface area contributed by atoms with Crippen molar-refractivity contribution >= 4 is 48.2 Å². The van der Waals surface area contributed by atoms with Gasteiger partial charge >= 0.3 is 0 Å². The molecule has 0 unspecified atom stereocenters. The average molecular weight is 553 g/mol. The Morgan fingerprint density at radius 3 is 2.50 bits per heavy atom. The minimum Gasteiger partial charge on any atom is -0.373 e. The molecular weight excluding hydrogens is 515 g/mol. The van der Waals surface area contributed by atoms with E-state index in [2.05, 4.69) is 103 Å². The summed E-state index contributed by atoms with van der Waals surface area (Å²) in [5, 5.41) is 8.12. The van der Waals surface area contributed by atoms with Crippen molar-refractivity contribution in [3.8, 4) is 11.1 Å². The van der Waals surface area contributed by atoms with Crippen LogP contribution in [0.3, 0.4) is 0 Å².